The maximum absolute atomic E-state index is 12.3. The first-order chi connectivity index (χ1) is 10.1. The van der Waals surface area contributed by atoms with Crippen LogP contribution in [0.4, 0.5) is 0 Å². The van der Waals surface area contributed by atoms with Gasteiger partial charge in [0.2, 0.25) is 5.88 Å². The molecule has 2 N–H and O–H groups in total. The van der Waals surface area contributed by atoms with Crippen LogP contribution in [0.3, 0.4) is 0 Å². The molecule has 3 aromatic rings. The Bertz CT molecular complexity index is 867. The fraction of sp³-hybridized carbons (Fsp3) is 0.0667. The van der Waals surface area contributed by atoms with Crippen molar-refractivity contribution in [2.24, 2.45) is 0 Å². The van der Waals surface area contributed by atoms with Gasteiger partial charge in [0.15, 0.2) is 11.6 Å². The molecular formula is C15H11BrN2O3. The lowest BCUT2D eigenvalue weighted by Crippen LogP contribution is -2.12. The van der Waals surface area contributed by atoms with Crippen molar-refractivity contribution >= 4 is 15.9 Å². The molecule has 0 unspecified atom stereocenters. The van der Waals surface area contributed by atoms with E-state index in [9.17, 15) is 9.90 Å². The summed E-state index contributed by atoms with van der Waals surface area (Å²) in [7, 11) is 0. The van der Waals surface area contributed by atoms with Gasteiger partial charge in [0.05, 0.1) is 6.26 Å². The summed E-state index contributed by atoms with van der Waals surface area (Å²) in [5.41, 5.74) is 1.09. The first-order valence-corrected chi connectivity index (χ1v) is 7.00. The van der Waals surface area contributed by atoms with E-state index in [-0.39, 0.29) is 17.3 Å². The van der Waals surface area contributed by atoms with Gasteiger partial charge in [-0.1, -0.05) is 34.1 Å². The highest BCUT2D eigenvalue weighted by atomic mass is 79.9. The van der Waals surface area contributed by atoms with E-state index in [1.54, 1.807) is 24.3 Å². The number of hydrogen-bond donors (Lipinski definition) is 2. The summed E-state index contributed by atoms with van der Waals surface area (Å²) in [4.78, 5) is 19.0. The Labute approximate surface area is 128 Å². The Balaban J connectivity index is 2.21. The van der Waals surface area contributed by atoms with Gasteiger partial charge >= 0.3 is 0 Å². The quantitative estimate of drug-likeness (QED) is 0.744. The zero-order chi connectivity index (χ0) is 15.0. The molecular weight excluding hydrogens is 336 g/mol. The number of aryl methyl sites for hydroxylation is 1. The van der Waals surface area contributed by atoms with Gasteiger partial charge in [-0.05, 0) is 24.6 Å². The summed E-state index contributed by atoms with van der Waals surface area (Å²) in [6, 6.07) is 8.89. The van der Waals surface area contributed by atoms with E-state index in [0.29, 0.717) is 15.8 Å². The number of benzene rings is 1. The topological polar surface area (TPSA) is 79.1 Å². The Morgan fingerprint density at radius 1 is 1.29 bits per heavy atom. The van der Waals surface area contributed by atoms with Gasteiger partial charge < -0.3 is 14.5 Å². The lowest BCUT2D eigenvalue weighted by Gasteiger charge is -2.07. The van der Waals surface area contributed by atoms with Crippen molar-refractivity contribution in [3.63, 3.8) is 0 Å². The van der Waals surface area contributed by atoms with Gasteiger partial charge in [-0.25, -0.2) is 0 Å². The van der Waals surface area contributed by atoms with Crippen LogP contribution < -0.4 is 5.56 Å². The molecule has 0 aliphatic heterocycles. The number of aromatic hydroxyl groups is 1. The van der Waals surface area contributed by atoms with E-state index in [4.69, 9.17) is 4.42 Å². The second kappa shape index (κ2) is 5.21. The van der Waals surface area contributed by atoms with Crippen LogP contribution in [-0.2, 0) is 0 Å². The standard InChI is InChI=1S/C15H11BrN2O3/c1-8-6-7-21-12(8)13-17-14(19)11(15(20)18-13)9-4-2-3-5-10(9)16/h2-7H,1H3,(H2,17,18,19,20). The average Bonchev–Trinajstić information content (AvgIpc) is 2.86. The molecule has 0 spiro atoms. The number of H-pyrrole nitrogens is 1. The molecule has 0 saturated heterocycles. The van der Waals surface area contributed by atoms with Crippen molar-refractivity contribution in [1.29, 1.82) is 0 Å². The molecule has 21 heavy (non-hydrogen) atoms. The SMILES string of the molecule is Cc1ccoc1-c1nc(O)c(-c2ccccc2Br)c(=O)[nH]1. The second-order valence-corrected chi connectivity index (χ2v) is 5.38. The Morgan fingerprint density at radius 3 is 2.67 bits per heavy atom. The van der Waals surface area contributed by atoms with Gasteiger partial charge in [-0.3, -0.25) is 4.79 Å². The summed E-state index contributed by atoms with van der Waals surface area (Å²) >= 11 is 3.36. The highest BCUT2D eigenvalue weighted by Crippen LogP contribution is 2.31. The number of aromatic amines is 1. The molecule has 2 aromatic heterocycles. The minimum atomic E-state index is -0.430. The van der Waals surface area contributed by atoms with Crippen LogP contribution in [0.25, 0.3) is 22.7 Å². The highest BCUT2D eigenvalue weighted by molar-refractivity contribution is 9.10. The monoisotopic (exact) mass is 346 g/mol. The highest BCUT2D eigenvalue weighted by Gasteiger charge is 2.17. The summed E-state index contributed by atoms with van der Waals surface area (Å²) in [6.07, 6.45) is 1.50. The number of halogens is 1. The predicted molar refractivity (Wildman–Crippen MR) is 82.1 cm³/mol. The van der Waals surface area contributed by atoms with Crippen molar-refractivity contribution in [2.45, 2.75) is 6.92 Å². The smallest absolute Gasteiger partial charge is 0.263 e. The van der Waals surface area contributed by atoms with E-state index in [2.05, 4.69) is 25.9 Å². The maximum Gasteiger partial charge on any atom is 0.263 e. The molecule has 0 bridgehead atoms. The molecule has 6 heteroatoms. The van der Waals surface area contributed by atoms with Crippen LogP contribution in [0.2, 0.25) is 0 Å². The summed E-state index contributed by atoms with van der Waals surface area (Å²) in [6.45, 7) is 1.83. The van der Waals surface area contributed by atoms with Crippen molar-refractivity contribution < 1.29 is 9.52 Å². The summed E-state index contributed by atoms with van der Waals surface area (Å²) in [5.74, 6) is 0.299. The molecule has 106 valence electrons. The molecule has 0 radical (unpaired) electrons. The van der Waals surface area contributed by atoms with E-state index in [0.717, 1.165) is 5.56 Å². The van der Waals surface area contributed by atoms with E-state index in [1.807, 2.05) is 13.0 Å². The number of aromatic nitrogens is 2. The van der Waals surface area contributed by atoms with Crippen molar-refractivity contribution in [2.75, 3.05) is 0 Å². The van der Waals surface area contributed by atoms with E-state index < -0.39 is 5.56 Å². The van der Waals surface area contributed by atoms with Gasteiger partial charge in [0.25, 0.3) is 5.56 Å². The molecule has 0 amide bonds. The molecule has 5 nitrogen and oxygen atoms in total. The minimum Gasteiger partial charge on any atom is -0.493 e. The van der Waals surface area contributed by atoms with E-state index >= 15 is 0 Å². The lowest BCUT2D eigenvalue weighted by molar-refractivity contribution is 0.452. The van der Waals surface area contributed by atoms with Crippen LogP contribution in [0.15, 0.2) is 50.3 Å². The molecule has 1 aromatic carbocycles. The zero-order valence-electron chi connectivity index (χ0n) is 11.1. The second-order valence-electron chi connectivity index (χ2n) is 4.53. The molecule has 0 aliphatic carbocycles. The van der Waals surface area contributed by atoms with Gasteiger partial charge in [0.1, 0.15) is 5.56 Å². The minimum absolute atomic E-state index is 0.121. The molecule has 0 saturated carbocycles. The van der Waals surface area contributed by atoms with Crippen LogP contribution in [-0.4, -0.2) is 15.1 Å². The third-order valence-electron chi connectivity index (χ3n) is 3.12. The molecule has 0 atom stereocenters. The van der Waals surface area contributed by atoms with Gasteiger partial charge in [-0.15, -0.1) is 0 Å². The lowest BCUT2D eigenvalue weighted by atomic mass is 10.1. The third-order valence-corrected chi connectivity index (χ3v) is 3.81. The van der Waals surface area contributed by atoms with Crippen LogP contribution in [0.1, 0.15) is 5.56 Å². The molecule has 0 aliphatic rings. The Kier molecular flexibility index (Phi) is 3.39. The largest absolute Gasteiger partial charge is 0.493 e. The van der Waals surface area contributed by atoms with Crippen molar-refractivity contribution in [3.05, 3.63) is 57.0 Å². The molecule has 0 fully saturated rings. The normalized spacial score (nSPS) is 10.8. The summed E-state index contributed by atoms with van der Waals surface area (Å²) in [5, 5.41) is 10.1. The van der Waals surface area contributed by atoms with Crippen molar-refractivity contribution in [3.8, 4) is 28.6 Å². The number of furan rings is 1. The zero-order valence-corrected chi connectivity index (χ0v) is 12.6. The van der Waals surface area contributed by atoms with Gasteiger partial charge in [-0.2, -0.15) is 4.98 Å². The Morgan fingerprint density at radius 2 is 2.05 bits per heavy atom. The number of hydrogen-bond acceptors (Lipinski definition) is 4. The third kappa shape index (κ3) is 2.38. The number of nitrogens with zero attached hydrogens (tertiary/aromatic N) is 1. The summed E-state index contributed by atoms with van der Waals surface area (Å²) < 4.78 is 5.98. The van der Waals surface area contributed by atoms with Gasteiger partial charge in [0, 0.05) is 10.0 Å². The maximum atomic E-state index is 12.3. The molecule has 2 heterocycles. The molecule has 3 rings (SSSR count). The van der Waals surface area contributed by atoms with Crippen LogP contribution in [0, 0.1) is 6.92 Å². The van der Waals surface area contributed by atoms with E-state index in [1.165, 1.54) is 6.26 Å². The number of nitrogens with one attached hydrogen (secondary N) is 1. The Hall–Kier alpha value is -2.34. The number of rotatable bonds is 2. The van der Waals surface area contributed by atoms with Crippen LogP contribution >= 0.6 is 15.9 Å². The fourth-order valence-corrected chi connectivity index (χ4v) is 2.57. The van der Waals surface area contributed by atoms with Crippen molar-refractivity contribution in [1.82, 2.24) is 9.97 Å². The average molecular weight is 347 g/mol. The first kappa shape index (κ1) is 13.6. The predicted octanol–water partition coefficient (Wildman–Crippen LogP) is 3.47. The first-order valence-electron chi connectivity index (χ1n) is 6.20. The fourth-order valence-electron chi connectivity index (χ4n) is 2.09. The van der Waals surface area contributed by atoms with Crippen LogP contribution in [0.5, 0.6) is 5.88 Å².